The summed E-state index contributed by atoms with van der Waals surface area (Å²) in [5.41, 5.74) is 7.11. The van der Waals surface area contributed by atoms with Crippen LogP contribution >= 0.6 is 23.2 Å². The second-order valence-electron chi connectivity index (χ2n) is 9.75. The Balaban J connectivity index is 1.54. The number of rotatable bonds is 10. The summed E-state index contributed by atoms with van der Waals surface area (Å²) in [4.78, 5) is 41.0. The summed E-state index contributed by atoms with van der Waals surface area (Å²) in [6, 6.07) is 21.1. The number of fused-ring (bicyclic) bond motifs is 1. The molecule has 4 aromatic carbocycles. The van der Waals surface area contributed by atoms with Crippen molar-refractivity contribution in [2.75, 3.05) is 24.1 Å². The third-order valence-corrected chi connectivity index (χ3v) is 8.82. The molecule has 0 radical (unpaired) electrons. The summed E-state index contributed by atoms with van der Waals surface area (Å²) >= 11 is 12.0. The van der Waals surface area contributed by atoms with Crippen LogP contribution in [0.5, 0.6) is 0 Å². The molecule has 0 bridgehead atoms. The van der Waals surface area contributed by atoms with E-state index >= 15 is 0 Å². The molecular weight excluding hydrogens is 611 g/mol. The lowest BCUT2D eigenvalue weighted by Crippen LogP contribution is -2.46. The van der Waals surface area contributed by atoms with E-state index in [1.165, 1.54) is 29.2 Å². The number of nitrogen functional groups attached to an aromatic ring is 1. The molecule has 1 atom stereocenters. The first-order chi connectivity index (χ1) is 20.4. The van der Waals surface area contributed by atoms with Crippen LogP contribution < -0.4 is 15.8 Å². The number of amides is 3. The van der Waals surface area contributed by atoms with Crippen molar-refractivity contribution in [1.82, 2.24) is 9.62 Å². The standard InChI is InChI=1S/C31H30Cl2N4O5S/c1-3-37(4-2)31(40)26(30(39)36-43(41,42)24-14-11-20-7-5-6-8-21(20)16-24)15-19-9-12-23(13-10-19)35-29(38)25-17-22(32)18-27(33)28(25)34/h5-14,16-18,26H,3-4,15,34H2,1-2H3,(H,35,38)(H,36,39). The molecule has 12 heteroatoms. The van der Waals surface area contributed by atoms with Gasteiger partial charge in [-0.05, 0) is 73.0 Å². The Labute approximate surface area is 260 Å². The van der Waals surface area contributed by atoms with Gasteiger partial charge in [0.25, 0.3) is 15.9 Å². The molecule has 4 N–H and O–H groups in total. The van der Waals surface area contributed by atoms with E-state index in [0.29, 0.717) is 29.7 Å². The minimum absolute atomic E-state index is 0.0700. The number of nitrogens with one attached hydrogen (secondary N) is 2. The van der Waals surface area contributed by atoms with Crippen molar-refractivity contribution in [2.45, 2.75) is 25.2 Å². The Morgan fingerprint density at radius 2 is 1.53 bits per heavy atom. The summed E-state index contributed by atoms with van der Waals surface area (Å²) in [6.07, 6.45) is -0.0700. The van der Waals surface area contributed by atoms with Crippen LogP contribution in [-0.2, 0) is 26.0 Å². The smallest absolute Gasteiger partial charge is 0.264 e. The van der Waals surface area contributed by atoms with E-state index in [-0.39, 0.29) is 32.6 Å². The van der Waals surface area contributed by atoms with Crippen LogP contribution in [0.25, 0.3) is 10.8 Å². The molecule has 4 aromatic rings. The van der Waals surface area contributed by atoms with Gasteiger partial charge >= 0.3 is 0 Å². The van der Waals surface area contributed by atoms with Gasteiger partial charge in [-0.25, -0.2) is 13.1 Å². The lowest BCUT2D eigenvalue weighted by atomic mass is 9.97. The number of halogens is 2. The first-order valence-electron chi connectivity index (χ1n) is 13.4. The highest BCUT2D eigenvalue weighted by Gasteiger charge is 2.33. The number of nitrogens with two attached hydrogens (primary N) is 1. The van der Waals surface area contributed by atoms with Crippen LogP contribution in [-0.4, -0.2) is 44.1 Å². The molecular formula is C31H30Cl2N4O5S. The average Bonchev–Trinajstić information content (AvgIpc) is 2.98. The number of sulfonamides is 1. The van der Waals surface area contributed by atoms with Gasteiger partial charge in [-0.15, -0.1) is 0 Å². The molecule has 43 heavy (non-hydrogen) atoms. The molecule has 0 aromatic heterocycles. The van der Waals surface area contributed by atoms with Gasteiger partial charge in [-0.3, -0.25) is 14.4 Å². The molecule has 0 aliphatic carbocycles. The van der Waals surface area contributed by atoms with E-state index < -0.39 is 33.7 Å². The lowest BCUT2D eigenvalue weighted by molar-refractivity contribution is -0.141. The molecule has 0 spiro atoms. The molecule has 0 heterocycles. The van der Waals surface area contributed by atoms with Crippen molar-refractivity contribution < 1.29 is 22.8 Å². The fourth-order valence-electron chi connectivity index (χ4n) is 4.58. The fourth-order valence-corrected chi connectivity index (χ4v) is 6.12. The summed E-state index contributed by atoms with van der Waals surface area (Å²) in [5, 5.41) is 4.66. The first kappa shape index (κ1) is 31.8. The average molecular weight is 642 g/mol. The van der Waals surface area contributed by atoms with E-state index in [4.69, 9.17) is 28.9 Å². The molecule has 0 saturated carbocycles. The SMILES string of the molecule is CCN(CC)C(=O)C(Cc1ccc(NC(=O)c2cc(Cl)cc(Cl)c2N)cc1)C(=O)NS(=O)(=O)c1ccc2ccccc2c1. The fraction of sp³-hybridized carbons (Fsp3) is 0.194. The Hall–Kier alpha value is -4.12. The van der Waals surface area contributed by atoms with Gasteiger partial charge in [-0.1, -0.05) is 65.7 Å². The van der Waals surface area contributed by atoms with Crippen LogP contribution in [0.4, 0.5) is 11.4 Å². The first-order valence-corrected chi connectivity index (χ1v) is 15.7. The predicted octanol–water partition coefficient (Wildman–Crippen LogP) is 5.51. The van der Waals surface area contributed by atoms with E-state index in [9.17, 15) is 22.8 Å². The van der Waals surface area contributed by atoms with Crippen molar-refractivity contribution in [2.24, 2.45) is 5.92 Å². The van der Waals surface area contributed by atoms with Crippen molar-refractivity contribution >= 4 is 73.1 Å². The second-order valence-corrected chi connectivity index (χ2v) is 12.3. The Morgan fingerprint density at radius 1 is 0.884 bits per heavy atom. The predicted molar refractivity (Wildman–Crippen MR) is 170 cm³/mol. The molecule has 224 valence electrons. The minimum atomic E-state index is -4.26. The molecule has 0 aliphatic rings. The number of nitrogens with zero attached hydrogens (tertiary/aromatic N) is 1. The van der Waals surface area contributed by atoms with Gasteiger partial charge in [0, 0.05) is 23.8 Å². The highest BCUT2D eigenvalue weighted by molar-refractivity contribution is 7.90. The highest BCUT2D eigenvalue weighted by atomic mass is 35.5. The zero-order valence-electron chi connectivity index (χ0n) is 23.4. The number of hydrogen-bond acceptors (Lipinski definition) is 6. The normalized spacial score (nSPS) is 12.0. The second kappa shape index (κ2) is 13.5. The quantitative estimate of drug-likeness (QED) is 0.154. The van der Waals surface area contributed by atoms with Crippen LogP contribution in [0.2, 0.25) is 10.0 Å². The molecule has 1 unspecified atom stereocenters. The summed E-state index contributed by atoms with van der Waals surface area (Å²) in [5.74, 6) is -3.27. The number of carbonyl (C=O) groups is 3. The molecule has 9 nitrogen and oxygen atoms in total. The molecule has 3 amide bonds. The van der Waals surface area contributed by atoms with Crippen LogP contribution in [0, 0.1) is 5.92 Å². The van der Waals surface area contributed by atoms with Crippen molar-refractivity contribution in [3.63, 3.8) is 0 Å². The maximum absolute atomic E-state index is 13.4. The van der Waals surface area contributed by atoms with Gasteiger partial charge in [0.1, 0.15) is 5.92 Å². The lowest BCUT2D eigenvalue weighted by Gasteiger charge is -2.25. The molecule has 0 aliphatic heterocycles. The maximum Gasteiger partial charge on any atom is 0.264 e. The van der Waals surface area contributed by atoms with Gasteiger partial charge in [-0.2, -0.15) is 0 Å². The summed E-state index contributed by atoms with van der Waals surface area (Å²) in [7, 11) is -4.26. The van der Waals surface area contributed by atoms with Gasteiger partial charge in [0.2, 0.25) is 11.8 Å². The summed E-state index contributed by atoms with van der Waals surface area (Å²) < 4.78 is 28.5. The third-order valence-electron chi connectivity index (χ3n) is 6.95. The zero-order chi connectivity index (χ0) is 31.3. The van der Waals surface area contributed by atoms with Crippen molar-refractivity contribution in [3.05, 3.63) is 100 Å². The van der Waals surface area contributed by atoms with Gasteiger partial charge < -0.3 is 16.0 Å². The third kappa shape index (κ3) is 7.45. The maximum atomic E-state index is 13.4. The van der Waals surface area contributed by atoms with E-state index in [1.54, 1.807) is 56.3 Å². The number of hydrogen-bond donors (Lipinski definition) is 3. The van der Waals surface area contributed by atoms with Crippen LogP contribution in [0.3, 0.4) is 0 Å². The zero-order valence-corrected chi connectivity index (χ0v) is 25.8. The Kier molecular flexibility index (Phi) is 9.95. The van der Waals surface area contributed by atoms with E-state index in [1.807, 2.05) is 12.1 Å². The van der Waals surface area contributed by atoms with E-state index in [2.05, 4.69) is 10.0 Å². The topological polar surface area (TPSA) is 139 Å². The monoisotopic (exact) mass is 640 g/mol. The number of carbonyl (C=O) groups excluding carboxylic acids is 3. The van der Waals surface area contributed by atoms with Crippen LogP contribution in [0.15, 0.2) is 83.8 Å². The van der Waals surface area contributed by atoms with Crippen molar-refractivity contribution in [1.29, 1.82) is 0 Å². The molecule has 0 saturated heterocycles. The largest absolute Gasteiger partial charge is 0.397 e. The highest BCUT2D eigenvalue weighted by Crippen LogP contribution is 2.28. The molecule has 0 fully saturated rings. The number of anilines is 2. The Morgan fingerprint density at radius 3 is 2.19 bits per heavy atom. The van der Waals surface area contributed by atoms with E-state index in [0.717, 1.165) is 5.39 Å². The molecule has 4 rings (SSSR count). The Bertz CT molecular complexity index is 1790. The van der Waals surface area contributed by atoms with Gasteiger partial charge in [0.15, 0.2) is 0 Å². The van der Waals surface area contributed by atoms with Crippen LogP contribution in [0.1, 0.15) is 29.8 Å². The minimum Gasteiger partial charge on any atom is -0.397 e. The van der Waals surface area contributed by atoms with Gasteiger partial charge in [0.05, 0.1) is 21.2 Å². The number of benzene rings is 4. The van der Waals surface area contributed by atoms with Crippen molar-refractivity contribution in [3.8, 4) is 0 Å². The summed E-state index contributed by atoms with van der Waals surface area (Å²) in [6.45, 7) is 4.25.